The van der Waals surface area contributed by atoms with Crippen LogP contribution in [-0.2, 0) is 32.0 Å². The zero-order chi connectivity index (χ0) is 36.7. The Balaban J connectivity index is 0.00000154. The molecular weight excluding hydrogens is 680 g/mol. The first-order valence-electron chi connectivity index (χ1n) is 15.5. The Labute approximate surface area is 295 Å². The Kier molecular flexibility index (Phi) is 13.3. The predicted molar refractivity (Wildman–Crippen MR) is 183 cm³/mol. The van der Waals surface area contributed by atoms with Crippen molar-refractivity contribution in [1.82, 2.24) is 19.9 Å². The van der Waals surface area contributed by atoms with Gasteiger partial charge >= 0.3 is 12.2 Å². The number of pyridine rings is 1. The summed E-state index contributed by atoms with van der Waals surface area (Å²) in [4.78, 5) is 54.2. The lowest BCUT2D eigenvalue weighted by atomic mass is 10.1. The number of imide groups is 1. The van der Waals surface area contributed by atoms with E-state index in [2.05, 4.69) is 14.7 Å². The number of carbonyl (C=O) groups is 3. The van der Waals surface area contributed by atoms with Crippen molar-refractivity contribution in [2.45, 2.75) is 85.7 Å². The van der Waals surface area contributed by atoms with Crippen LogP contribution >= 0.6 is 23.2 Å². The second-order valence-electron chi connectivity index (χ2n) is 12.9. The van der Waals surface area contributed by atoms with E-state index >= 15 is 0 Å². The summed E-state index contributed by atoms with van der Waals surface area (Å²) in [5.74, 6) is -1.07. The topological polar surface area (TPSA) is 133 Å². The van der Waals surface area contributed by atoms with Crippen LogP contribution in [0.2, 0.25) is 10.0 Å². The molecule has 1 aromatic carbocycles. The fourth-order valence-electron chi connectivity index (χ4n) is 4.40. The number of halogens is 3. The molecule has 49 heavy (non-hydrogen) atoms. The fourth-order valence-corrected chi connectivity index (χ4v) is 5.08. The van der Waals surface area contributed by atoms with Crippen LogP contribution in [0.15, 0.2) is 30.6 Å². The zero-order valence-corrected chi connectivity index (χ0v) is 30.6. The molecular formula is C34H42Cl2FN5O7. The molecule has 15 heteroatoms. The van der Waals surface area contributed by atoms with Crippen molar-refractivity contribution in [2.75, 3.05) is 25.2 Å². The minimum atomic E-state index is -1.07. The molecule has 4 rings (SSSR count). The number of anilines is 1. The molecule has 0 saturated heterocycles. The molecule has 3 amide bonds. The molecule has 0 N–H and O–H groups in total. The molecule has 1 unspecified atom stereocenters. The molecule has 0 bridgehead atoms. The highest BCUT2D eigenvalue weighted by Gasteiger charge is 2.36. The number of amides is 3. The summed E-state index contributed by atoms with van der Waals surface area (Å²) in [5, 5.41) is -0.118. The quantitative estimate of drug-likeness (QED) is 0.175. The van der Waals surface area contributed by atoms with Crippen LogP contribution < -0.4 is 9.64 Å². The van der Waals surface area contributed by atoms with Crippen LogP contribution in [0, 0.1) is 5.82 Å². The van der Waals surface area contributed by atoms with Gasteiger partial charge < -0.3 is 23.8 Å². The number of hydrogen-bond donors (Lipinski definition) is 0. The van der Waals surface area contributed by atoms with Gasteiger partial charge in [0.25, 0.3) is 0 Å². The maximum absolute atomic E-state index is 14.4. The molecule has 0 spiro atoms. The van der Waals surface area contributed by atoms with Crippen molar-refractivity contribution in [3.8, 4) is 17.0 Å². The minimum Gasteiger partial charge on any atom is -0.482 e. The predicted octanol–water partition coefficient (Wildman–Crippen LogP) is 7.97. The number of benzene rings is 1. The molecule has 0 aliphatic carbocycles. The van der Waals surface area contributed by atoms with E-state index in [1.54, 1.807) is 66.7 Å². The number of aromatic nitrogens is 3. The third kappa shape index (κ3) is 10.7. The van der Waals surface area contributed by atoms with Crippen LogP contribution in [0.5, 0.6) is 5.75 Å². The molecule has 0 saturated carbocycles. The number of hydrogen-bond acceptors (Lipinski definition) is 10. The lowest BCUT2D eigenvalue weighted by molar-refractivity contribution is -0.119. The third-order valence-electron chi connectivity index (χ3n) is 6.64. The highest BCUT2D eigenvalue weighted by Crippen LogP contribution is 2.39. The second kappa shape index (κ2) is 16.6. The SMILES string of the molecule is CC(Oc1cc(-c2cnc3c(n2)CN(C=O)CC3)cnc1N(C(=O)OC(C)(C)C)C(=O)OC(C)(C)C)c1c(Cl)ccc(F)c1Cl.CCOC. The van der Waals surface area contributed by atoms with Crippen LogP contribution in [0.4, 0.5) is 19.8 Å². The van der Waals surface area contributed by atoms with E-state index in [9.17, 15) is 18.8 Å². The van der Waals surface area contributed by atoms with Gasteiger partial charge in [0.15, 0.2) is 11.6 Å². The summed E-state index contributed by atoms with van der Waals surface area (Å²) in [5.41, 5.74) is 0.352. The first-order chi connectivity index (χ1) is 22.9. The summed E-state index contributed by atoms with van der Waals surface area (Å²) >= 11 is 12.6. The first kappa shape index (κ1) is 39.4. The van der Waals surface area contributed by atoms with Gasteiger partial charge in [-0.1, -0.05) is 23.2 Å². The van der Waals surface area contributed by atoms with E-state index in [4.69, 9.17) is 42.4 Å². The minimum absolute atomic E-state index is 0.0952. The molecule has 3 heterocycles. The van der Waals surface area contributed by atoms with Crippen molar-refractivity contribution in [3.63, 3.8) is 0 Å². The Morgan fingerprint density at radius 3 is 2.20 bits per heavy atom. The van der Waals surface area contributed by atoms with Crippen LogP contribution in [0.3, 0.4) is 0 Å². The largest absolute Gasteiger partial charge is 0.482 e. The fraction of sp³-hybridized carbons (Fsp3) is 0.471. The van der Waals surface area contributed by atoms with E-state index in [-0.39, 0.29) is 33.7 Å². The lowest BCUT2D eigenvalue weighted by Crippen LogP contribution is -2.44. The number of carbonyl (C=O) groups excluding carboxylic acids is 3. The van der Waals surface area contributed by atoms with Gasteiger partial charge in [-0.3, -0.25) is 9.78 Å². The second-order valence-corrected chi connectivity index (χ2v) is 13.7. The monoisotopic (exact) mass is 721 g/mol. The maximum Gasteiger partial charge on any atom is 0.425 e. The summed E-state index contributed by atoms with van der Waals surface area (Å²) in [6.07, 6.45) is 1.11. The highest BCUT2D eigenvalue weighted by atomic mass is 35.5. The van der Waals surface area contributed by atoms with Gasteiger partial charge in [0.2, 0.25) is 6.41 Å². The number of rotatable bonds is 7. The van der Waals surface area contributed by atoms with Crippen molar-refractivity contribution >= 4 is 47.6 Å². The molecule has 3 aromatic rings. The number of nitrogens with zero attached hydrogens (tertiary/aromatic N) is 5. The van der Waals surface area contributed by atoms with Gasteiger partial charge in [0, 0.05) is 49.0 Å². The van der Waals surface area contributed by atoms with Gasteiger partial charge in [-0.2, -0.15) is 4.90 Å². The number of fused-ring (bicyclic) bond motifs is 1. The van der Waals surface area contributed by atoms with Crippen LogP contribution in [0.1, 0.15) is 78.4 Å². The summed E-state index contributed by atoms with van der Waals surface area (Å²) in [6, 6.07) is 3.96. The summed E-state index contributed by atoms with van der Waals surface area (Å²) in [7, 11) is 1.68. The molecule has 1 aliphatic heterocycles. The molecule has 1 atom stereocenters. The molecule has 12 nitrogen and oxygen atoms in total. The van der Waals surface area contributed by atoms with Crippen molar-refractivity contribution in [1.29, 1.82) is 0 Å². The van der Waals surface area contributed by atoms with E-state index in [0.717, 1.165) is 24.8 Å². The first-order valence-corrected chi connectivity index (χ1v) is 16.2. The summed E-state index contributed by atoms with van der Waals surface area (Å²) < 4.78 is 36.3. The van der Waals surface area contributed by atoms with Crippen LogP contribution in [-0.4, -0.2) is 69.9 Å². The normalized spacial score (nSPS) is 13.3. The van der Waals surface area contributed by atoms with Gasteiger partial charge in [-0.05, 0) is 73.6 Å². The van der Waals surface area contributed by atoms with Gasteiger partial charge in [0.1, 0.15) is 23.1 Å². The lowest BCUT2D eigenvalue weighted by Gasteiger charge is -2.29. The average Bonchev–Trinajstić information content (AvgIpc) is 3.01. The highest BCUT2D eigenvalue weighted by molar-refractivity contribution is 6.36. The molecule has 0 radical (unpaired) electrons. The Morgan fingerprint density at radius 1 is 1.04 bits per heavy atom. The summed E-state index contributed by atoms with van der Waals surface area (Å²) in [6.45, 7) is 15.0. The standard InChI is InChI=1S/C31H34Cl2FN5O6.C3H8O/c1-17(25-19(32)8-9-20(34)26(25)33)43-24-12-18(22-14-35-21-10-11-38(16-40)15-23(21)37-22)13-36-27(24)39(28(41)44-30(2,3)4)29(42)45-31(5,6)7;1-3-4-2/h8-9,12-14,16-17H,10-11,15H2,1-7H3;3H2,1-2H3. The number of ether oxygens (including phenoxy) is 4. The van der Waals surface area contributed by atoms with Crippen molar-refractivity contribution < 1.29 is 37.7 Å². The van der Waals surface area contributed by atoms with E-state index in [0.29, 0.717) is 34.8 Å². The molecule has 1 aliphatic rings. The number of methoxy groups -OCH3 is 1. The van der Waals surface area contributed by atoms with Crippen molar-refractivity contribution in [2.24, 2.45) is 0 Å². The van der Waals surface area contributed by atoms with E-state index in [1.807, 2.05) is 6.92 Å². The van der Waals surface area contributed by atoms with Crippen LogP contribution in [0.25, 0.3) is 11.3 Å². The average molecular weight is 723 g/mol. The van der Waals surface area contributed by atoms with Crippen molar-refractivity contribution in [3.05, 3.63) is 63.4 Å². The van der Waals surface area contributed by atoms with Gasteiger partial charge in [0.05, 0.1) is 34.8 Å². The smallest absolute Gasteiger partial charge is 0.425 e. The Bertz CT molecular complexity index is 1630. The van der Waals surface area contributed by atoms with Gasteiger partial charge in [-0.15, -0.1) is 0 Å². The molecule has 0 fully saturated rings. The molecule has 266 valence electrons. The Hall–Kier alpha value is -4.07. The van der Waals surface area contributed by atoms with Gasteiger partial charge in [-0.25, -0.2) is 23.9 Å². The Morgan fingerprint density at radius 2 is 1.65 bits per heavy atom. The maximum atomic E-state index is 14.4. The molecule has 2 aromatic heterocycles. The zero-order valence-electron chi connectivity index (χ0n) is 29.1. The van der Waals surface area contributed by atoms with E-state index < -0.39 is 35.3 Å². The van der Waals surface area contributed by atoms with E-state index in [1.165, 1.54) is 18.3 Å². The third-order valence-corrected chi connectivity index (χ3v) is 7.35.